The number of aryl methyl sites for hydroxylation is 1. The molecule has 0 amide bonds. The summed E-state index contributed by atoms with van der Waals surface area (Å²) in [5, 5.41) is 3.35. The highest BCUT2D eigenvalue weighted by atomic mass is 14.9. The van der Waals surface area contributed by atoms with Crippen LogP contribution in [0.4, 0.5) is 11.4 Å². The van der Waals surface area contributed by atoms with Crippen LogP contribution >= 0.6 is 0 Å². The second-order valence-corrected chi connectivity index (χ2v) is 3.61. The first-order valence-electron chi connectivity index (χ1n) is 5.00. The lowest BCUT2D eigenvalue weighted by molar-refractivity contribution is 1.30. The molecule has 2 aromatic rings. The molecule has 0 bridgehead atoms. The molecule has 0 saturated heterocycles. The number of nitrogens with zero attached hydrogens (tertiary/aromatic N) is 1. The van der Waals surface area contributed by atoms with E-state index in [0.717, 1.165) is 11.4 Å². The van der Waals surface area contributed by atoms with Gasteiger partial charge in [0.2, 0.25) is 0 Å². The van der Waals surface area contributed by atoms with Crippen molar-refractivity contribution in [2.75, 3.05) is 5.32 Å². The zero-order valence-electron chi connectivity index (χ0n) is 8.99. The van der Waals surface area contributed by atoms with E-state index in [9.17, 15) is 0 Å². The molecule has 2 rings (SSSR count). The Balaban J connectivity index is 2.29. The molecule has 0 aliphatic rings. The minimum absolute atomic E-state index is 1.02. The molecule has 15 heavy (non-hydrogen) atoms. The first kappa shape index (κ1) is 9.71. The number of hydrogen-bond donors (Lipinski definition) is 1. The molecule has 1 aromatic heterocycles. The lowest BCUT2D eigenvalue weighted by Gasteiger charge is -2.10. The van der Waals surface area contributed by atoms with E-state index >= 15 is 0 Å². The summed E-state index contributed by atoms with van der Waals surface area (Å²) in [7, 11) is 0. The number of rotatable bonds is 2. The lowest BCUT2D eigenvalue weighted by atomic mass is 10.1. The van der Waals surface area contributed by atoms with Crippen LogP contribution in [0.3, 0.4) is 0 Å². The van der Waals surface area contributed by atoms with Crippen LogP contribution in [-0.2, 0) is 0 Å². The van der Waals surface area contributed by atoms with Crippen molar-refractivity contribution in [1.82, 2.24) is 4.98 Å². The summed E-state index contributed by atoms with van der Waals surface area (Å²) in [6, 6.07) is 10.2. The number of aromatic nitrogens is 1. The van der Waals surface area contributed by atoms with E-state index in [-0.39, 0.29) is 0 Å². The van der Waals surface area contributed by atoms with Gasteiger partial charge < -0.3 is 5.32 Å². The first-order chi connectivity index (χ1) is 7.27. The SMILES string of the molecule is Cc1cccc(Nc2cccnc2)c1C. The zero-order valence-corrected chi connectivity index (χ0v) is 8.99. The molecule has 0 saturated carbocycles. The maximum Gasteiger partial charge on any atom is 0.0570 e. The molecule has 1 aromatic carbocycles. The monoisotopic (exact) mass is 198 g/mol. The van der Waals surface area contributed by atoms with E-state index < -0.39 is 0 Å². The van der Waals surface area contributed by atoms with Gasteiger partial charge in [-0.2, -0.15) is 0 Å². The van der Waals surface area contributed by atoms with E-state index in [1.54, 1.807) is 6.20 Å². The average molecular weight is 198 g/mol. The predicted octanol–water partition coefficient (Wildman–Crippen LogP) is 3.44. The Bertz CT molecular complexity index is 449. The van der Waals surface area contributed by atoms with Crippen LogP contribution in [0.5, 0.6) is 0 Å². The molecule has 1 N–H and O–H groups in total. The molecule has 0 spiro atoms. The van der Waals surface area contributed by atoms with Crippen LogP contribution in [0.25, 0.3) is 0 Å². The minimum atomic E-state index is 1.02. The van der Waals surface area contributed by atoms with E-state index in [1.807, 2.05) is 18.3 Å². The summed E-state index contributed by atoms with van der Waals surface area (Å²) in [6.07, 6.45) is 3.59. The Kier molecular flexibility index (Phi) is 2.68. The maximum atomic E-state index is 4.07. The van der Waals surface area contributed by atoms with E-state index in [1.165, 1.54) is 11.1 Å². The Morgan fingerprint density at radius 3 is 2.67 bits per heavy atom. The van der Waals surface area contributed by atoms with Crippen molar-refractivity contribution in [2.24, 2.45) is 0 Å². The summed E-state index contributed by atoms with van der Waals surface area (Å²) in [5.74, 6) is 0. The van der Waals surface area contributed by atoms with E-state index in [2.05, 4.69) is 42.3 Å². The molecule has 0 atom stereocenters. The van der Waals surface area contributed by atoms with Gasteiger partial charge in [0, 0.05) is 11.9 Å². The molecule has 0 aliphatic carbocycles. The number of anilines is 2. The van der Waals surface area contributed by atoms with Crippen LogP contribution in [0.2, 0.25) is 0 Å². The Morgan fingerprint density at radius 2 is 1.93 bits per heavy atom. The van der Waals surface area contributed by atoms with Gasteiger partial charge in [-0.3, -0.25) is 4.98 Å². The Hall–Kier alpha value is -1.83. The van der Waals surface area contributed by atoms with E-state index in [4.69, 9.17) is 0 Å². The smallest absolute Gasteiger partial charge is 0.0570 e. The van der Waals surface area contributed by atoms with Crippen LogP contribution in [0.1, 0.15) is 11.1 Å². The molecule has 0 fully saturated rings. The quantitative estimate of drug-likeness (QED) is 0.799. The third-order valence-corrected chi connectivity index (χ3v) is 2.55. The number of pyridine rings is 1. The van der Waals surface area contributed by atoms with Crippen LogP contribution in [0.15, 0.2) is 42.7 Å². The zero-order chi connectivity index (χ0) is 10.7. The Morgan fingerprint density at radius 1 is 1.07 bits per heavy atom. The molecule has 0 radical (unpaired) electrons. The summed E-state index contributed by atoms with van der Waals surface area (Å²) in [4.78, 5) is 4.07. The fourth-order valence-electron chi connectivity index (χ4n) is 1.48. The van der Waals surface area contributed by atoms with Crippen molar-refractivity contribution in [3.63, 3.8) is 0 Å². The van der Waals surface area contributed by atoms with Crippen molar-refractivity contribution < 1.29 is 0 Å². The molecule has 76 valence electrons. The van der Waals surface area contributed by atoms with Gasteiger partial charge in [-0.1, -0.05) is 12.1 Å². The lowest BCUT2D eigenvalue weighted by Crippen LogP contribution is -1.94. The summed E-state index contributed by atoms with van der Waals surface area (Å²) in [6.45, 7) is 4.23. The van der Waals surface area contributed by atoms with Gasteiger partial charge >= 0.3 is 0 Å². The van der Waals surface area contributed by atoms with Crippen molar-refractivity contribution >= 4 is 11.4 Å². The van der Waals surface area contributed by atoms with Crippen molar-refractivity contribution in [3.8, 4) is 0 Å². The van der Waals surface area contributed by atoms with E-state index in [0.29, 0.717) is 0 Å². The fourth-order valence-corrected chi connectivity index (χ4v) is 1.48. The summed E-state index contributed by atoms with van der Waals surface area (Å²) < 4.78 is 0. The normalized spacial score (nSPS) is 10.0. The minimum Gasteiger partial charge on any atom is -0.354 e. The number of nitrogens with one attached hydrogen (secondary N) is 1. The fraction of sp³-hybridized carbons (Fsp3) is 0.154. The highest BCUT2D eigenvalue weighted by Gasteiger charge is 2.00. The van der Waals surface area contributed by atoms with Gasteiger partial charge in [0.05, 0.1) is 11.9 Å². The second kappa shape index (κ2) is 4.13. The van der Waals surface area contributed by atoms with Crippen molar-refractivity contribution in [2.45, 2.75) is 13.8 Å². The average Bonchev–Trinajstić information content (AvgIpc) is 2.26. The molecular formula is C13H14N2. The van der Waals surface area contributed by atoms with Crippen molar-refractivity contribution in [1.29, 1.82) is 0 Å². The molecular weight excluding hydrogens is 184 g/mol. The van der Waals surface area contributed by atoms with Crippen LogP contribution in [0, 0.1) is 13.8 Å². The topological polar surface area (TPSA) is 24.9 Å². The van der Waals surface area contributed by atoms with Crippen LogP contribution < -0.4 is 5.32 Å². The molecule has 1 heterocycles. The predicted molar refractivity (Wildman–Crippen MR) is 63.4 cm³/mol. The molecule has 2 heteroatoms. The summed E-state index contributed by atoms with van der Waals surface area (Å²) >= 11 is 0. The van der Waals surface area contributed by atoms with Crippen LogP contribution in [-0.4, -0.2) is 4.98 Å². The summed E-state index contributed by atoms with van der Waals surface area (Å²) in [5.41, 5.74) is 4.74. The molecule has 2 nitrogen and oxygen atoms in total. The van der Waals surface area contributed by atoms with Gasteiger partial charge in [-0.15, -0.1) is 0 Å². The first-order valence-corrected chi connectivity index (χ1v) is 5.00. The largest absolute Gasteiger partial charge is 0.354 e. The maximum absolute atomic E-state index is 4.07. The number of benzene rings is 1. The Labute approximate surface area is 90.0 Å². The highest BCUT2D eigenvalue weighted by Crippen LogP contribution is 2.21. The van der Waals surface area contributed by atoms with Gasteiger partial charge in [-0.25, -0.2) is 0 Å². The second-order valence-electron chi connectivity index (χ2n) is 3.61. The third kappa shape index (κ3) is 2.15. The molecule has 0 aliphatic heterocycles. The standard InChI is InChI=1S/C13H14N2/c1-10-5-3-7-13(11(10)2)15-12-6-4-8-14-9-12/h3-9,15H,1-2H3. The highest BCUT2D eigenvalue weighted by molar-refractivity contribution is 5.63. The van der Waals surface area contributed by atoms with Crippen molar-refractivity contribution in [3.05, 3.63) is 53.9 Å². The van der Waals surface area contributed by atoms with Gasteiger partial charge in [0.15, 0.2) is 0 Å². The third-order valence-electron chi connectivity index (χ3n) is 2.55. The molecule has 0 unspecified atom stereocenters. The van der Waals surface area contributed by atoms with Gasteiger partial charge in [-0.05, 0) is 43.2 Å². The number of hydrogen-bond acceptors (Lipinski definition) is 2. The van der Waals surface area contributed by atoms with Gasteiger partial charge in [0.25, 0.3) is 0 Å². The van der Waals surface area contributed by atoms with Gasteiger partial charge in [0.1, 0.15) is 0 Å².